The third kappa shape index (κ3) is 1.82. The van der Waals surface area contributed by atoms with Gasteiger partial charge in [-0.25, -0.2) is 9.67 Å². The number of nitrogens with two attached hydrogens (primary N) is 1. The van der Waals surface area contributed by atoms with Crippen LogP contribution in [0.3, 0.4) is 0 Å². The van der Waals surface area contributed by atoms with Crippen LogP contribution in [0.5, 0.6) is 0 Å². The second-order valence-electron chi connectivity index (χ2n) is 3.78. The van der Waals surface area contributed by atoms with E-state index in [0.29, 0.717) is 0 Å². The number of anilines is 1. The summed E-state index contributed by atoms with van der Waals surface area (Å²) >= 11 is 3.49. The maximum absolute atomic E-state index is 5.84. The highest BCUT2D eigenvalue weighted by molar-refractivity contribution is 9.10. The molecule has 2 N–H and O–H groups in total. The lowest BCUT2D eigenvalue weighted by Gasteiger charge is -2.09. The fourth-order valence-corrected chi connectivity index (χ4v) is 2.12. The first-order chi connectivity index (χ1) is 7.49. The molecule has 0 unspecified atom stereocenters. The molecule has 0 radical (unpaired) electrons. The molecule has 0 aliphatic rings. The smallest absolute Gasteiger partial charge is 0.148 e. The van der Waals surface area contributed by atoms with Crippen molar-refractivity contribution in [2.75, 3.05) is 5.73 Å². The fourth-order valence-electron chi connectivity index (χ4n) is 1.59. The van der Waals surface area contributed by atoms with Gasteiger partial charge in [0.25, 0.3) is 0 Å². The van der Waals surface area contributed by atoms with Gasteiger partial charge in [0.15, 0.2) is 0 Å². The predicted octanol–water partition coefficient (Wildman–Crippen LogP) is 2.54. The highest BCUT2D eigenvalue weighted by Crippen LogP contribution is 2.26. The van der Waals surface area contributed by atoms with E-state index < -0.39 is 0 Å². The van der Waals surface area contributed by atoms with E-state index in [-0.39, 0.29) is 0 Å². The summed E-state index contributed by atoms with van der Waals surface area (Å²) in [6.07, 6.45) is 0. The van der Waals surface area contributed by atoms with Gasteiger partial charge in [-0.05, 0) is 54.4 Å². The molecule has 0 aliphatic heterocycles. The topological polar surface area (TPSA) is 56.7 Å². The molecule has 0 amide bonds. The number of benzene rings is 1. The molecule has 1 heterocycles. The third-order valence-electron chi connectivity index (χ3n) is 2.44. The number of aryl methyl sites for hydroxylation is 3. The van der Waals surface area contributed by atoms with Crippen LogP contribution >= 0.6 is 15.9 Å². The van der Waals surface area contributed by atoms with Crippen molar-refractivity contribution in [3.8, 4) is 5.69 Å². The summed E-state index contributed by atoms with van der Waals surface area (Å²) in [5, 5.41) is 4.35. The van der Waals surface area contributed by atoms with Crippen LogP contribution in [0.2, 0.25) is 0 Å². The molecule has 0 spiro atoms. The Morgan fingerprint density at radius 2 is 1.94 bits per heavy atom. The van der Waals surface area contributed by atoms with Crippen molar-refractivity contribution in [1.82, 2.24) is 14.8 Å². The highest BCUT2D eigenvalue weighted by Gasteiger charge is 2.10. The molecule has 0 fully saturated rings. The number of halogens is 1. The Labute approximate surface area is 103 Å². The van der Waals surface area contributed by atoms with Crippen molar-refractivity contribution in [2.24, 2.45) is 0 Å². The van der Waals surface area contributed by atoms with Crippen LogP contribution in [0.15, 0.2) is 16.6 Å². The molecule has 4 nitrogen and oxygen atoms in total. The van der Waals surface area contributed by atoms with Gasteiger partial charge < -0.3 is 5.73 Å². The molecule has 0 saturated carbocycles. The van der Waals surface area contributed by atoms with Crippen LogP contribution in [-0.4, -0.2) is 14.8 Å². The van der Waals surface area contributed by atoms with Gasteiger partial charge in [-0.15, -0.1) is 0 Å². The van der Waals surface area contributed by atoms with Crippen molar-refractivity contribution in [1.29, 1.82) is 0 Å². The Balaban J connectivity index is 2.64. The minimum absolute atomic E-state index is 0.763. The fraction of sp³-hybridized carbons (Fsp3) is 0.273. The number of hydrogen-bond acceptors (Lipinski definition) is 3. The van der Waals surface area contributed by atoms with Gasteiger partial charge in [0.2, 0.25) is 0 Å². The predicted molar refractivity (Wildman–Crippen MR) is 67.7 cm³/mol. The number of hydrogen-bond donors (Lipinski definition) is 1. The standard InChI is InChI=1S/C11H13BrN4/c1-6-4-11(9(12)5-10(6)13)16-8(3)14-7(2)15-16/h4-5H,13H2,1-3H3. The van der Waals surface area contributed by atoms with E-state index >= 15 is 0 Å². The molecule has 5 heteroatoms. The largest absolute Gasteiger partial charge is 0.398 e. The summed E-state index contributed by atoms with van der Waals surface area (Å²) in [7, 11) is 0. The summed E-state index contributed by atoms with van der Waals surface area (Å²) in [5.41, 5.74) is 8.60. The first kappa shape index (κ1) is 11.1. The SMILES string of the molecule is Cc1nc(C)n(-c2cc(C)c(N)cc2Br)n1. The molecular formula is C11H13BrN4. The average molecular weight is 281 g/mol. The molecule has 0 aliphatic carbocycles. The lowest BCUT2D eigenvalue weighted by molar-refractivity contribution is 0.826. The van der Waals surface area contributed by atoms with Gasteiger partial charge in [-0.2, -0.15) is 5.10 Å². The van der Waals surface area contributed by atoms with E-state index in [1.54, 1.807) is 0 Å². The third-order valence-corrected chi connectivity index (χ3v) is 3.07. The summed E-state index contributed by atoms with van der Waals surface area (Å²) in [6, 6.07) is 3.89. The van der Waals surface area contributed by atoms with Crippen molar-refractivity contribution in [3.05, 3.63) is 33.8 Å². The summed E-state index contributed by atoms with van der Waals surface area (Å²) in [5.74, 6) is 1.63. The lowest BCUT2D eigenvalue weighted by Crippen LogP contribution is -2.02. The molecule has 1 aromatic heterocycles. The minimum atomic E-state index is 0.763. The van der Waals surface area contributed by atoms with E-state index in [2.05, 4.69) is 26.0 Å². The van der Waals surface area contributed by atoms with Gasteiger partial charge in [-0.3, -0.25) is 0 Å². The second kappa shape index (κ2) is 3.90. The van der Waals surface area contributed by atoms with Crippen LogP contribution in [0, 0.1) is 20.8 Å². The number of nitrogen functional groups attached to an aromatic ring is 1. The van der Waals surface area contributed by atoms with Gasteiger partial charge >= 0.3 is 0 Å². The zero-order chi connectivity index (χ0) is 11.9. The van der Waals surface area contributed by atoms with Gasteiger partial charge in [0.1, 0.15) is 11.6 Å². The number of aromatic nitrogens is 3. The van der Waals surface area contributed by atoms with Gasteiger partial charge in [-0.1, -0.05) is 0 Å². The van der Waals surface area contributed by atoms with E-state index in [4.69, 9.17) is 5.73 Å². The van der Waals surface area contributed by atoms with Crippen LogP contribution < -0.4 is 5.73 Å². The van der Waals surface area contributed by atoms with E-state index in [1.807, 2.05) is 37.6 Å². The normalized spacial score (nSPS) is 10.8. The van der Waals surface area contributed by atoms with E-state index in [1.165, 1.54) is 0 Å². The average Bonchev–Trinajstić information content (AvgIpc) is 2.51. The number of nitrogens with zero attached hydrogens (tertiary/aromatic N) is 3. The van der Waals surface area contributed by atoms with Crippen molar-refractivity contribution >= 4 is 21.6 Å². The second-order valence-corrected chi connectivity index (χ2v) is 4.63. The molecule has 1 aromatic carbocycles. The summed E-state index contributed by atoms with van der Waals surface area (Å²) in [6.45, 7) is 5.78. The first-order valence-corrected chi connectivity index (χ1v) is 5.74. The Morgan fingerprint density at radius 3 is 2.50 bits per heavy atom. The molecule has 84 valence electrons. The maximum atomic E-state index is 5.84. The van der Waals surface area contributed by atoms with E-state index in [0.717, 1.165) is 33.1 Å². The zero-order valence-corrected chi connectivity index (χ0v) is 11.0. The molecule has 0 bridgehead atoms. The van der Waals surface area contributed by atoms with Gasteiger partial charge in [0.05, 0.1) is 5.69 Å². The van der Waals surface area contributed by atoms with Crippen molar-refractivity contribution in [2.45, 2.75) is 20.8 Å². The molecule has 0 saturated heterocycles. The van der Waals surface area contributed by atoms with Crippen LogP contribution in [0.25, 0.3) is 5.69 Å². The molecule has 2 aromatic rings. The minimum Gasteiger partial charge on any atom is -0.398 e. The Bertz CT molecular complexity index is 545. The van der Waals surface area contributed by atoms with Crippen molar-refractivity contribution < 1.29 is 0 Å². The Morgan fingerprint density at radius 1 is 1.25 bits per heavy atom. The molecular weight excluding hydrogens is 268 g/mol. The molecule has 16 heavy (non-hydrogen) atoms. The molecule has 0 atom stereocenters. The van der Waals surface area contributed by atoms with Gasteiger partial charge in [0, 0.05) is 10.2 Å². The van der Waals surface area contributed by atoms with E-state index in [9.17, 15) is 0 Å². The van der Waals surface area contributed by atoms with Crippen molar-refractivity contribution in [3.63, 3.8) is 0 Å². The maximum Gasteiger partial charge on any atom is 0.148 e. The number of rotatable bonds is 1. The van der Waals surface area contributed by atoms with Crippen LogP contribution in [-0.2, 0) is 0 Å². The molecule has 2 rings (SSSR count). The Kier molecular flexibility index (Phi) is 2.71. The Hall–Kier alpha value is -1.36. The van der Waals surface area contributed by atoms with Crippen LogP contribution in [0.1, 0.15) is 17.2 Å². The van der Waals surface area contributed by atoms with Crippen LogP contribution in [0.4, 0.5) is 5.69 Å². The quantitative estimate of drug-likeness (QED) is 0.817. The highest BCUT2D eigenvalue weighted by atomic mass is 79.9. The monoisotopic (exact) mass is 280 g/mol. The lowest BCUT2D eigenvalue weighted by atomic mass is 10.2. The first-order valence-electron chi connectivity index (χ1n) is 4.95. The summed E-state index contributed by atoms with van der Waals surface area (Å²) in [4.78, 5) is 4.28. The zero-order valence-electron chi connectivity index (χ0n) is 9.45. The summed E-state index contributed by atoms with van der Waals surface area (Å²) < 4.78 is 2.73.